The lowest BCUT2D eigenvalue weighted by Gasteiger charge is -2.47. The van der Waals surface area contributed by atoms with Gasteiger partial charge in [-0.1, -0.05) is 6.58 Å². The number of nitrogens with zero attached hydrogens (tertiary/aromatic N) is 3. The highest BCUT2D eigenvalue weighted by Crippen LogP contribution is 2.46. The van der Waals surface area contributed by atoms with Gasteiger partial charge in [-0.05, 0) is 18.6 Å². The number of anilines is 2. The van der Waals surface area contributed by atoms with Gasteiger partial charge in [0.1, 0.15) is 5.69 Å². The van der Waals surface area contributed by atoms with E-state index >= 15 is 8.78 Å². The molecular weight excluding hydrogens is 470 g/mol. The smallest absolute Gasteiger partial charge is 0.329 e. The van der Waals surface area contributed by atoms with Crippen molar-refractivity contribution in [2.75, 3.05) is 24.0 Å². The molecular formula is C24H23F4N3O4. The molecule has 2 aliphatic rings. The van der Waals surface area contributed by atoms with Crippen LogP contribution < -0.4 is 19.3 Å². The molecule has 1 aliphatic heterocycles. The van der Waals surface area contributed by atoms with Gasteiger partial charge in [0.15, 0.2) is 28.9 Å². The first-order valence-electron chi connectivity index (χ1n) is 10.8. The van der Waals surface area contributed by atoms with E-state index in [1.807, 2.05) is 0 Å². The van der Waals surface area contributed by atoms with Gasteiger partial charge < -0.3 is 9.47 Å². The van der Waals surface area contributed by atoms with Gasteiger partial charge in [0.2, 0.25) is 0 Å². The second-order valence-corrected chi connectivity index (χ2v) is 8.39. The van der Waals surface area contributed by atoms with Crippen molar-refractivity contribution in [2.24, 2.45) is 0 Å². The lowest BCUT2D eigenvalue weighted by atomic mass is 9.86. The van der Waals surface area contributed by atoms with Gasteiger partial charge in [0.25, 0.3) is 5.92 Å². The molecule has 1 fully saturated rings. The van der Waals surface area contributed by atoms with Gasteiger partial charge >= 0.3 is 6.03 Å². The van der Waals surface area contributed by atoms with E-state index in [0.717, 1.165) is 15.9 Å². The zero-order valence-electron chi connectivity index (χ0n) is 19.1. The Balaban J connectivity index is 1.79. The third-order valence-electron chi connectivity index (χ3n) is 6.15. The fraction of sp³-hybridized carbons (Fsp3) is 0.375. The van der Waals surface area contributed by atoms with Crippen molar-refractivity contribution in [2.45, 2.75) is 44.2 Å². The number of halogens is 4. The number of carbonyl (C=O) groups is 2. The van der Waals surface area contributed by atoms with Crippen molar-refractivity contribution < 1.29 is 36.6 Å². The summed E-state index contributed by atoms with van der Waals surface area (Å²) in [4.78, 5) is 31.4. The summed E-state index contributed by atoms with van der Waals surface area (Å²) in [5.41, 5.74) is 0.475. The molecule has 2 aromatic rings. The van der Waals surface area contributed by atoms with E-state index in [0.29, 0.717) is 16.9 Å². The number of hydrogen-bond acceptors (Lipinski definition) is 5. The maximum absolute atomic E-state index is 15.2. The Labute approximate surface area is 198 Å². The van der Waals surface area contributed by atoms with Gasteiger partial charge in [-0.2, -0.15) is 0 Å². The quantitative estimate of drug-likeness (QED) is 0.390. The molecule has 0 atom stereocenters. The van der Waals surface area contributed by atoms with Gasteiger partial charge in [-0.25, -0.2) is 22.4 Å². The van der Waals surface area contributed by atoms with E-state index in [9.17, 15) is 18.4 Å². The number of ether oxygens (including phenoxy) is 2. The Bertz CT molecular complexity index is 1170. The first-order chi connectivity index (χ1) is 16.6. The maximum Gasteiger partial charge on any atom is 0.329 e. The molecule has 2 amide bonds. The highest BCUT2D eigenvalue weighted by atomic mass is 19.3. The molecule has 2 heterocycles. The molecule has 7 nitrogen and oxygen atoms in total. The number of carbonyl (C=O) groups excluding carboxylic acids is 2. The molecule has 186 valence electrons. The second-order valence-electron chi connectivity index (χ2n) is 8.39. The average Bonchev–Trinajstić information content (AvgIpc) is 2.81. The summed E-state index contributed by atoms with van der Waals surface area (Å²) in [7, 11) is 2.36. The van der Waals surface area contributed by atoms with E-state index in [1.165, 1.54) is 26.5 Å². The Morgan fingerprint density at radius 2 is 1.83 bits per heavy atom. The number of alkyl halides is 2. The van der Waals surface area contributed by atoms with Gasteiger partial charge in [-0.15, -0.1) is 0 Å². The minimum absolute atomic E-state index is 0.136. The molecule has 0 radical (unpaired) electrons. The summed E-state index contributed by atoms with van der Waals surface area (Å²) in [6.07, 6.45) is 1.81. The van der Waals surface area contributed by atoms with Crippen molar-refractivity contribution in [1.29, 1.82) is 0 Å². The number of fused-ring (bicyclic) bond motifs is 1. The van der Waals surface area contributed by atoms with E-state index in [1.54, 1.807) is 6.07 Å². The Hall–Kier alpha value is -3.63. The summed E-state index contributed by atoms with van der Waals surface area (Å²) in [6.45, 7) is 3.15. The minimum Gasteiger partial charge on any atom is -0.493 e. The van der Waals surface area contributed by atoms with Crippen LogP contribution in [0.4, 0.5) is 33.7 Å². The first-order valence-corrected chi connectivity index (χ1v) is 10.8. The minimum atomic E-state index is -2.95. The van der Waals surface area contributed by atoms with E-state index < -0.39 is 48.2 Å². The number of allylic oxidation sites excluding steroid dienone is 1. The summed E-state index contributed by atoms with van der Waals surface area (Å²) in [5.74, 6) is -6.10. The van der Waals surface area contributed by atoms with Gasteiger partial charge in [-0.3, -0.25) is 19.6 Å². The standard InChI is InChI=1S/C24H23F4N3O4/c1-4-16(32)6-5-14-7-17-13(11-29-14)12-30(23(33)31(17)15-9-24(27,28)10-15)22-20(25)18(34-2)8-19(35-3)21(22)26/h4,7-8,11,15H,1,5-6,9-10,12H2,2-3H3. The van der Waals surface area contributed by atoms with Crippen LogP contribution in [0.15, 0.2) is 31.0 Å². The second kappa shape index (κ2) is 9.20. The molecule has 0 unspecified atom stereocenters. The Kier molecular flexibility index (Phi) is 6.44. The molecule has 1 aliphatic carbocycles. The van der Waals surface area contributed by atoms with Crippen LogP contribution in [0.25, 0.3) is 0 Å². The number of aromatic nitrogens is 1. The molecule has 1 saturated carbocycles. The number of amides is 2. The van der Waals surface area contributed by atoms with Crippen molar-refractivity contribution in [3.05, 3.63) is 53.9 Å². The largest absolute Gasteiger partial charge is 0.493 e. The first kappa shape index (κ1) is 24.5. The van der Waals surface area contributed by atoms with Crippen LogP contribution in [0.5, 0.6) is 11.5 Å². The van der Waals surface area contributed by atoms with Crippen LogP contribution in [0, 0.1) is 11.6 Å². The zero-order valence-corrected chi connectivity index (χ0v) is 19.1. The average molecular weight is 493 g/mol. The van der Waals surface area contributed by atoms with Crippen molar-refractivity contribution >= 4 is 23.2 Å². The van der Waals surface area contributed by atoms with Crippen LogP contribution >= 0.6 is 0 Å². The summed E-state index contributed by atoms with van der Waals surface area (Å²) >= 11 is 0. The number of ketones is 1. The molecule has 0 saturated heterocycles. The Morgan fingerprint density at radius 3 is 2.37 bits per heavy atom. The zero-order chi connectivity index (χ0) is 25.5. The molecule has 0 N–H and O–H groups in total. The van der Waals surface area contributed by atoms with Crippen LogP contribution in [0.2, 0.25) is 0 Å². The third-order valence-corrected chi connectivity index (χ3v) is 6.15. The molecule has 1 aromatic heterocycles. The van der Waals surface area contributed by atoms with Crippen molar-refractivity contribution in [3.63, 3.8) is 0 Å². The fourth-order valence-corrected chi connectivity index (χ4v) is 4.27. The number of benzene rings is 1. The highest BCUT2D eigenvalue weighted by molar-refractivity contribution is 6.07. The Morgan fingerprint density at radius 1 is 1.20 bits per heavy atom. The number of rotatable bonds is 8. The predicted octanol–water partition coefficient (Wildman–Crippen LogP) is 4.81. The van der Waals surface area contributed by atoms with E-state index in [4.69, 9.17) is 9.47 Å². The predicted molar refractivity (Wildman–Crippen MR) is 119 cm³/mol. The molecule has 0 spiro atoms. The number of urea groups is 1. The monoisotopic (exact) mass is 493 g/mol. The maximum atomic E-state index is 15.2. The number of hydrogen-bond donors (Lipinski definition) is 0. The van der Waals surface area contributed by atoms with Crippen LogP contribution in [0.1, 0.15) is 30.5 Å². The van der Waals surface area contributed by atoms with Crippen LogP contribution in [-0.4, -0.2) is 43.0 Å². The SMILES string of the molecule is C=CC(=O)CCc1cc2c(cn1)CN(c1c(F)c(OC)cc(OC)c1F)C(=O)N2C1CC(F)(F)C1. The normalized spacial score (nSPS) is 17.0. The summed E-state index contributed by atoms with van der Waals surface area (Å²) < 4.78 is 67.8. The van der Waals surface area contributed by atoms with Gasteiger partial charge in [0.05, 0.1) is 32.5 Å². The molecule has 0 bridgehead atoms. The molecule has 11 heteroatoms. The van der Waals surface area contributed by atoms with E-state index in [-0.39, 0.29) is 36.7 Å². The summed E-state index contributed by atoms with van der Waals surface area (Å²) in [6, 6.07) is 0.809. The number of methoxy groups -OCH3 is 2. The van der Waals surface area contributed by atoms with Crippen molar-refractivity contribution in [3.8, 4) is 11.5 Å². The fourth-order valence-electron chi connectivity index (χ4n) is 4.27. The lowest BCUT2D eigenvalue weighted by molar-refractivity contribution is -0.114. The van der Waals surface area contributed by atoms with Crippen molar-refractivity contribution in [1.82, 2.24) is 4.98 Å². The molecule has 4 rings (SSSR count). The topological polar surface area (TPSA) is 72.0 Å². The third kappa shape index (κ3) is 4.42. The van der Waals surface area contributed by atoms with E-state index in [2.05, 4.69) is 11.6 Å². The molecule has 35 heavy (non-hydrogen) atoms. The molecule has 1 aromatic carbocycles. The number of pyridine rings is 1. The number of aryl methyl sites for hydroxylation is 1. The van der Waals surface area contributed by atoms with Gasteiger partial charge in [0, 0.05) is 42.8 Å². The van der Waals surface area contributed by atoms with Crippen LogP contribution in [-0.2, 0) is 17.8 Å². The van der Waals surface area contributed by atoms with Crippen LogP contribution in [0.3, 0.4) is 0 Å². The summed E-state index contributed by atoms with van der Waals surface area (Å²) in [5, 5.41) is 0. The lowest BCUT2D eigenvalue weighted by Crippen LogP contribution is -2.59. The highest BCUT2D eigenvalue weighted by Gasteiger charge is 2.52.